The van der Waals surface area contributed by atoms with Crippen LogP contribution in [0.3, 0.4) is 0 Å². The topological polar surface area (TPSA) is 20.3 Å². The molecule has 0 aliphatic carbocycles. The SMILES string of the molecule is CCN(Cc1cccc(Cl)c1)C(=O)c1cc(Br)ccc1Br. The van der Waals surface area contributed by atoms with Crippen molar-refractivity contribution in [3.8, 4) is 0 Å². The number of hydrogen-bond donors (Lipinski definition) is 0. The summed E-state index contributed by atoms with van der Waals surface area (Å²) in [6, 6.07) is 13.2. The molecule has 0 aliphatic rings. The van der Waals surface area contributed by atoms with Gasteiger partial charge in [-0.3, -0.25) is 4.79 Å². The Morgan fingerprint density at radius 3 is 2.62 bits per heavy atom. The molecule has 0 aliphatic heterocycles. The third-order valence-electron chi connectivity index (χ3n) is 3.09. The smallest absolute Gasteiger partial charge is 0.255 e. The van der Waals surface area contributed by atoms with E-state index in [1.807, 2.05) is 49.4 Å². The maximum absolute atomic E-state index is 12.7. The number of carbonyl (C=O) groups is 1. The Bertz CT molecular complexity index is 660. The molecule has 1 amide bonds. The molecule has 0 saturated carbocycles. The number of nitrogens with zero attached hydrogens (tertiary/aromatic N) is 1. The van der Waals surface area contributed by atoms with Crippen molar-refractivity contribution in [2.45, 2.75) is 13.5 Å². The number of amides is 1. The summed E-state index contributed by atoms with van der Waals surface area (Å²) in [6.45, 7) is 3.13. The molecule has 5 heteroatoms. The minimum Gasteiger partial charge on any atom is -0.335 e. The number of carbonyl (C=O) groups excluding carboxylic acids is 1. The number of benzene rings is 2. The second-order valence-corrected chi connectivity index (χ2v) is 6.78. The van der Waals surface area contributed by atoms with Crippen molar-refractivity contribution < 1.29 is 4.79 Å². The van der Waals surface area contributed by atoms with Crippen molar-refractivity contribution >= 4 is 49.4 Å². The minimum absolute atomic E-state index is 0.00866. The largest absolute Gasteiger partial charge is 0.335 e. The van der Waals surface area contributed by atoms with Gasteiger partial charge >= 0.3 is 0 Å². The first kappa shape index (κ1) is 16.5. The highest BCUT2D eigenvalue weighted by Crippen LogP contribution is 2.24. The van der Waals surface area contributed by atoms with E-state index in [-0.39, 0.29) is 5.91 Å². The highest BCUT2D eigenvalue weighted by Gasteiger charge is 2.17. The van der Waals surface area contributed by atoms with Gasteiger partial charge in [0.1, 0.15) is 0 Å². The third kappa shape index (κ3) is 4.31. The number of hydrogen-bond acceptors (Lipinski definition) is 1. The Kier molecular flexibility index (Phi) is 5.85. The molecule has 0 saturated heterocycles. The second kappa shape index (κ2) is 7.43. The number of halogens is 3. The molecule has 0 N–H and O–H groups in total. The van der Waals surface area contributed by atoms with Crippen LogP contribution in [0.15, 0.2) is 51.4 Å². The van der Waals surface area contributed by atoms with Crippen LogP contribution in [0, 0.1) is 0 Å². The maximum atomic E-state index is 12.7. The monoisotopic (exact) mass is 429 g/mol. The Morgan fingerprint density at radius 1 is 1.19 bits per heavy atom. The van der Waals surface area contributed by atoms with E-state index in [1.165, 1.54) is 0 Å². The van der Waals surface area contributed by atoms with E-state index in [0.717, 1.165) is 14.5 Å². The first-order valence-electron chi connectivity index (χ1n) is 6.50. The van der Waals surface area contributed by atoms with Gasteiger partial charge in [0.25, 0.3) is 5.91 Å². The lowest BCUT2D eigenvalue weighted by atomic mass is 10.1. The lowest BCUT2D eigenvalue weighted by molar-refractivity contribution is 0.0751. The molecule has 2 rings (SSSR count). The van der Waals surface area contributed by atoms with Crippen molar-refractivity contribution in [2.75, 3.05) is 6.54 Å². The zero-order valence-corrected chi connectivity index (χ0v) is 15.4. The maximum Gasteiger partial charge on any atom is 0.255 e. The molecule has 110 valence electrons. The molecule has 0 atom stereocenters. The Labute approximate surface area is 146 Å². The summed E-state index contributed by atoms with van der Waals surface area (Å²) in [4.78, 5) is 14.5. The molecule has 0 aromatic heterocycles. The van der Waals surface area contributed by atoms with Crippen molar-refractivity contribution in [3.63, 3.8) is 0 Å². The highest BCUT2D eigenvalue weighted by atomic mass is 79.9. The lowest BCUT2D eigenvalue weighted by Crippen LogP contribution is -2.30. The van der Waals surface area contributed by atoms with E-state index < -0.39 is 0 Å². The van der Waals surface area contributed by atoms with Crippen LogP contribution in [0.5, 0.6) is 0 Å². The molecule has 0 spiro atoms. The summed E-state index contributed by atoms with van der Waals surface area (Å²) in [5.41, 5.74) is 1.66. The van der Waals surface area contributed by atoms with Crippen LogP contribution in [-0.2, 0) is 6.54 Å². The molecule has 21 heavy (non-hydrogen) atoms. The van der Waals surface area contributed by atoms with Crippen LogP contribution in [-0.4, -0.2) is 17.4 Å². The van der Waals surface area contributed by atoms with E-state index in [2.05, 4.69) is 31.9 Å². The fourth-order valence-electron chi connectivity index (χ4n) is 2.01. The van der Waals surface area contributed by atoms with Crippen LogP contribution >= 0.6 is 43.5 Å². The lowest BCUT2D eigenvalue weighted by Gasteiger charge is -2.22. The normalized spacial score (nSPS) is 10.5. The second-order valence-electron chi connectivity index (χ2n) is 4.57. The summed E-state index contributed by atoms with van der Waals surface area (Å²) in [5, 5.41) is 0.680. The molecular weight excluding hydrogens is 417 g/mol. The van der Waals surface area contributed by atoms with E-state index >= 15 is 0 Å². The van der Waals surface area contributed by atoms with Gasteiger partial charge in [0.15, 0.2) is 0 Å². The van der Waals surface area contributed by atoms with Crippen molar-refractivity contribution in [3.05, 3.63) is 67.6 Å². The quantitative estimate of drug-likeness (QED) is 0.624. The van der Waals surface area contributed by atoms with E-state index in [1.54, 1.807) is 4.90 Å². The minimum atomic E-state index is -0.00866. The molecule has 0 fully saturated rings. The fraction of sp³-hybridized carbons (Fsp3) is 0.188. The van der Waals surface area contributed by atoms with Gasteiger partial charge in [0, 0.05) is 27.1 Å². The zero-order valence-electron chi connectivity index (χ0n) is 11.4. The van der Waals surface area contributed by atoms with Crippen LogP contribution in [0.25, 0.3) is 0 Å². The molecule has 0 bridgehead atoms. The van der Waals surface area contributed by atoms with Crippen molar-refractivity contribution in [2.24, 2.45) is 0 Å². The predicted octanol–water partition coefficient (Wildman–Crippen LogP) is 5.53. The predicted molar refractivity (Wildman–Crippen MR) is 93.7 cm³/mol. The number of rotatable bonds is 4. The summed E-state index contributed by atoms with van der Waals surface area (Å²) in [6.07, 6.45) is 0. The van der Waals surface area contributed by atoms with E-state index in [9.17, 15) is 4.79 Å². The van der Waals surface area contributed by atoms with Crippen LogP contribution in [0.2, 0.25) is 5.02 Å². The van der Waals surface area contributed by atoms with E-state index in [4.69, 9.17) is 11.6 Å². The van der Waals surface area contributed by atoms with Gasteiger partial charge in [-0.1, -0.05) is 39.7 Å². The Balaban J connectivity index is 2.24. The average Bonchev–Trinajstić information content (AvgIpc) is 2.46. The van der Waals surface area contributed by atoms with Gasteiger partial charge in [0.2, 0.25) is 0 Å². The van der Waals surface area contributed by atoms with Crippen molar-refractivity contribution in [1.29, 1.82) is 0 Å². The summed E-state index contributed by atoms with van der Waals surface area (Å²) < 4.78 is 1.67. The summed E-state index contributed by atoms with van der Waals surface area (Å²) in [5.74, 6) is -0.00866. The first-order valence-corrected chi connectivity index (χ1v) is 8.46. The standard InChI is InChI=1S/C16H14Br2ClNO/c1-2-20(10-11-4-3-5-13(19)8-11)16(21)14-9-12(17)6-7-15(14)18/h3-9H,2,10H2,1H3. The molecule has 2 aromatic carbocycles. The van der Waals surface area contributed by atoms with E-state index in [0.29, 0.717) is 23.7 Å². The van der Waals surface area contributed by atoms with Crippen LogP contribution in [0.4, 0.5) is 0 Å². The van der Waals surface area contributed by atoms with Crippen molar-refractivity contribution in [1.82, 2.24) is 4.90 Å². The Hall–Kier alpha value is -0.840. The molecular formula is C16H14Br2ClNO. The van der Waals surface area contributed by atoms with Gasteiger partial charge < -0.3 is 4.90 Å². The zero-order chi connectivity index (χ0) is 15.4. The molecule has 0 unspecified atom stereocenters. The van der Waals surface area contributed by atoms with Crippen LogP contribution in [0.1, 0.15) is 22.8 Å². The summed E-state index contributed by atoms with van der Waals surface area (Å²) in [7, 11) is 0. The first-order chi connectivity index (χ1) is 10.0. The Morgan fingerprint density at radius 2 is 1.95 bits per heavy atom. The molecule has 2 aromatic rings. The van der Waals surface area contributed by atoms with Gasteiger partial charge in [-0.2, -0.15) is 0 Å². The van der Waals surface area contributed by atoms with Gasteiger partial charge in [0.05, 0.1) is 5.56 Å². The van der Waals surface area contributed by atoms with Gasteiger partial charge in [-0.15, -0.1) is 0 Å². The third-order valence-corrected chi connectivity index (χ3v) is 4.51. The molecule has 0 heterocycles. The van der Waals surface area contributed by atoms with Crippen LogP contribution < -0.4 is 0 Å². The summed E-state index contributed by atoms with van der Waals surface area (Å²) >= 11 is 12.8. The van der Waals surface area contributed by atoms with Gasteiger partial charge in [-0.05, 0) is 58.7 Å². The van der Waals surface area contributed by atoms with Gasteiger partial charge in [-0.25, -0.2) is 0 Å². The molecule has 2 nitrogen and oxygen atoms in total. The molecule has 0 radical (unpaired) electrons. The fourth-order valence-corrected chi connectivity index (χ4v) is 3.00. The average molecular weight is 432 g/mol. The highest BCUT2D eigenvalue weighted by molar-refractivity contribution is 9.11.